The number of carbonyl (C=O) groups excluding carboxylic acids is 1. The summed E-state index contributed by atoms with van der Waals surface area (Å²) in [6, 6.07) is 0. The number of hydrogen-bond acceptors (Lipinski definition) is 3. The van der Waals surface area contributed by atoms with Gasteiger partial charge < -0.3 is 9.84 Å². The van der Waals surface area contributed by atoms with Gasteiger partial charge >= 0.3 is 11.9 Å². The number of hydrogen-bond donors (Lipinski definition) is 1. The van der Waals surface area contributed by atoms with Crippen molar-refractivity contribution in [2.24, 2.45) is 0 Å². The van der Waals surface area contributed by atoms with Gasteiger partial charge in [0.05, 0.1) is 0 Å². The van der Waals surface area contributed by atoms with Crippen molar-refractivity contribution in [3.8, 4) is 0 Å². The van der Waals surface area contributed by atoms with Crippen LogP contribution in [0.5, 0.6) is 0 Å². The first-order chi connectivity index (χ1) is 23.6. The van der Waals surface area contributed by atoms with Gasteiger partial charge in [-0.05, 0) is 70.6 Å². The summed E-state index contributed by atoms with van der Waals surface area (Å²) < 4.78 is 5.98. The van der Waals surface area contributed by atoms with E-state index >= 15 is 0 Å². The van der Waals surface area contributed by atoms with E-state index in [1.165, 1.54) is 167 Å². The summed E-state index contributed by atoms with van der Waals surface area (Å²) in [6.07, 6.45) is 51.0. The number of carboxylic acid groups (broad SMARTS) is 1. The Balaban J connectivity index is 3.69. The molecule has 1 N–H and O–H groups in total. The Morgan fingerprint density at radius 3 is 1.27 bits per heavy atom. The van der Waals surface area contributed by atoms with Crippen molar-refractivity contribution in [2.45, 2.75) is 245 Å². The van der Waals surface area contributed by atoms with Crippen LogP contribution in [-0.2, 0) is 14.3 Å². The minimum absolute atomic E-state index is 0.0359. The average molecular weight is 675 g/mol. The standard InChI is InChI=1S/C44H82O4/c1-3-5-7-8-9-10-11-12-13-14-15-16-17-21-24-27-30-33-37-41-44(47)48-42(38-34-6-4-2)39-35-31-28-25-22-19-18-20-23-26-29-32-36-40-43(45)46/h9-10,12-13,42H,3-8,11,14-41H2,1-2H3,(H,45,46)/b10-9-,13-12-. The maximum Gasteiger partial charge on any atom is 0.306 e. The van der Waals surface area contributed by atoms with Crippen LogP contribution in [0.1, 0.15) is 239 Å². The van der Waals surface area contributed by atoms with Crippen LogP contribution in [0.25, 0.3) is 0 Å². The average Bonchev–Trinajstić information content (AvgIpc) is 3.07. The molecule has 282 valence electrons. The highest BCUT2D eigenvalue weighted by Crippen LogP contribution is 2.19. The summed E-state index contributed by atoms with van der Waals surface area (Å²) in [5, 5.41) is 8.68. The lowest BCUT2D eigenvalue weighted by atomic mass is 10.0. The van der Waals surface area contributed by atoms with Gasteiger partial charge in [-0.15, -0.1) is 0 Å². The van der Waals surface area contributed by atoms with Crippen LogP contribution >= 0.6 is 0 Å². The SMILES string of the molecule is CCCCC/C=C\C/C=C\CCCCCCCCCCCC(=O)OC(CCCCC)CCCCCCCCCCCCCCCC(=O)O. The molecule has 0 aromatic rings. The summed E-state index contributed by atoms with van der Waals surface area (Å²) in [5.74, 6) is -0.631. The van der Waals surface area contributed by atoms with Crippen molar-refractivity contribution >= 4 is 11.9 Å². The Hall–Kier alpha value is -1.58. The third kappa shape index (κ3) is 38.9. The number of carboxylic acids is 1. The third-order valence-electron chi connectivity index (χ3n) is 9.68. The fourth-order valence-corrected chi connectivity index (χ4v) is 6.51. The van der Waals surface area contributed by atoms with Crippen LogP contribution in [-0.4, -0.2) is 23.1 Å². The van der Waals surface area contributed by atoms with E-state index in [-0.39, 0.29) is 12.1 Å². The highest BCUT2D eigenvalue weighted by atomic mass is 16.5. The first kappa shape index (κ1) is 46.4. The zero-order chi connectivity index (χ0) is 35.0. The van der Waals surface area contributed by atoms with Gasteiger partial charge in [0, 0.05) is 12.8 Å². The van der Waals surface area contributed by atoms with Crippen LogP contribution < -0.4 is 0 Å². The van der Waals surface area contributed by atoms with Crippen LogP contribution in [0.2, 0.25) is 0 Å². The fourth-order valence-electron chi connectivity index (χ4n) is 6.51. The van der Waals surface area contributed by atoms with Crippen molar-refractivity contribution in [1.29, 1.82) is 0 Å². The number of ether oxygens (including phenoxy) is 1. The second-order valence-corrected chi connectivity index (χ2v) is 14.5. The van der Waals surface area contributed by atoms with Crippen molar-refractivity contribution in [3.63, 3.8) is 0 Å². The van der Waals surface area contributed by atoms with Crippen LogP contribution in [0.4, 0.5) is 0 Å². The lowest BCUT2D eigenvalue weighted by Gasteiger charge is -2.18. The number of carbonyl (C=O) groups is 2. The molecule has 0 amide bonds. The molecule has 0 aliphatic carbocycles. The normalized spacial score (nSPS) is 12.4. The highest BCUT2D eigenvalue weighted by Gasteiger charge is 2.14. The Bertz CT molecular complexity index is 727. The van der Waals surface area contributed by atoms with Crippen molar-refractivity contribution < 1.29 is 19.4 Å². The minimum atomic E-state index is -0.667. The molecule has 0 aromatic carbocycles. The number of allylic oxidation sites excluding steroid dienone is 4. The monoisotopic (exact) mass is 675 g/mol. The molecule has 0 aliphatic rings. The van der Waals surface area contributed by atoms with E-state index in [9.17, 15) is 9.59 Å². The van der Waals surface area contributed by atoms with Gasteiger partial charge in [0.1, 0.15) is 6.10 Å². The van der Waals surface area contributed by atoms with Crippen molar-refractivity contribution in [1.82, 2.24) is 0 Å². The first-order valence-corrected chi connectivity index (χ1v) is 21.3. The van der Waals surface area contributed by atoms with Gasteiger partial charge in [-0.3, -0.25) is 9.59 Å². The summed E-state index contributed by atoms with van der Waals surface area (Å²) in [4.78, 5) is 23.1. The van der Waals surface area contributed by atoms with E-state index in [1.54, 1.807) is 0 Å². The zero-order valence-corrected chi connectivity index (χ0v) is 32.3. The predicted octanol–water partition coefficient (Wildman–Crippen LogP) is 14.8. The third-order valence-corrected chi connectivity index (χ3v) is 9.68. The Labute approximate surface area is 299 Å². The predicted molar refractivity (Wildman–Crippen MR) is 209 cm³/mol. The van der Waals surface area contributed by atoms with E-state index in [0.717, 1.165) is 44.9 Å². The quantitative estimate of drug-likeness (QED) is 0.0400. The first-order valence-electron chi connectivity index (χ1n) is 21.3. The molecule has 1 atom stereocenters. The second kappa shape index (κ2) is 39.9. The van der Waals surface area contributed by atoms with Gasteiger partial charge in [0.2, 0.25) is 0 Å². The molecule has 0 aromatic heterocycles. The maximum absolute atomic E-state index is 12.6. The molecule has 0 radical (unpaired) electrons. The van der Waals surface area contributed by atoms with Gasteiger partial charge in [0.15, 0.2) is 0 Å². The molecule has 0 saturated carbocycles. The number of aliphatic carboxylic acids is 1. The minimum Gasteiger partial charge on any atom is -0.481 e. The van der Waals surface area contributed by atoms with E-state index in [1.807, 2.05) is 0 Å². The molecular formula is C44H82O4. The summed E-state index contributed by atoms with van der Waals surface area (Å²) >= 11 is 0. The number of esters is 1. The van der Waals surface area contributed by atoms with Crippen LogP contribution in [0.15, 0.2) is 24.3 Å². The second-order valence-electron chi connectivity index (χ2n) is 14.5. The van der Waals surface area contributed by atoms with E-state index < -0.39 is 5.97 Å². The molecule has 0 rings (SSSR count). The van der Waals surface area contributed by atoms with E-state index in [2.05, 4.69) is 38.2 Å². The fraction of sp³-hybridized carbons (Fsp3) is 0.864. The lowest BCUT2D eigenvalue weighted by Crippen LogP contribution is -2.18. The molecule has 0 bridgehead atoms. The molecule has 1 unspecified atom stereocenters. The van der Waals surface area contributed by atoms with E-state index in [0.29, 0.717) is 12.8 Å². The molecule has 4 heteroatoms. The highest BCUT2D eigenvalue weighted by molar-refractivity contribution is 5.69. The van der Waals surface area contributed by atoms with Gasteiger partial charge in [0.25, 0.3) is 0 Å². The summed E-state index contributed by atoms with van der Waals surface area (Å²) in [5.41, 5.74) is 0. The van der Waals surface area contributed by atoms with E-state index in [4.69, 9.17) is 9.84 Å². The molecule has 0 heterocycles. The number of unbranched alkanes of at least 4 members (excludes halogenated alkanes) is 26. The van der Waals surface area contributed by atoms with Crippen molar-refractivity contribution in [3.05, 3.63) is 24.3 Å². The smallest absolute Gasteiger partial charge is 0.306 e. The lowest BCUT2D eigenvalue weighted by molar-refractivity contribution is -0.150. The molecule has 0 aliphatic heterocycles. The topological polar surface area (TPSA) is 63.6 Å². The molecule has 48 heavy (non-hydrogen) atoms. The van der Waals surface area contributed by atoms with Crippen LogP contribution in [0, 0.1) is 0 Å². The Morgan fingerprint density at radius 1 is 0.458 bits per heavy atom. The Kier molecular flexibility index (Phi) is 38.5. The Morgan fingerprint density at radius 2 is 0.812 bits per heavy atom. The maximum atomic E-state index is 12.6. The zero-order valence-electron chi connectivity index (χ0n) is 32.3. The van der Waals surface area contributed by atoms with Gasteiger partial charge in [-0.25, -0.2) is 0 Å². The van der Waals surface area contributed by atoms with Gasteiger partial charge in [-0.1, -0.05) is 179 Å². The summed E-state index contributed by atoms with van der Waals surface area (Å²) in [7, 11) is 0. The summed E-state index contributed by atoms with van der Waals surface area (Å²) in [6.45, 7) is 4.50. The molecule has 0 spiro atoms. The largest absolute Gasteiger partial charge is 0.481 e. The van der Waals surface area contributed by atoms with Crippen molar-refractivity contribution in [2.75, 3.05) is 0 Å². The molecule has 0 fully saturated rings. The van der Waals surface area contributed by atoms with Crippen LogP contribution in [0.3, 0.4) is 0 Å². The number of rotatable bonds is 39. The molecule has 4 nitrogen and oxygen atoms in total. The van der Waals surface area contributed by atoms with Gasteiger partial charge in [-0.2, -0.15) is 0 Å². The molecular weight excluding hydrogens is 592 g/mol. The molecule has 0 saturated heterocycles.